The van der Waals surface area contributed by atoms with Crippen molar-refractivity contribution in [2.75, 3.05) is 0 Å². The van der Waals surface area contributed by atoms with Gasteiger partial charge in [0.1, 0.15) is 0 Å². The predicted octanol–water partition coefficient (Wildman–Crippen LogP) is 1.11. The summed E-state index contributed by atoms with van der Waals surface area (Å²) in [6, 6.07) is 0. The molecule has 0 saturated carbocycles. The lowest BCUT2D eigenvalue weighted by Gasteiger charge is -2.33. The summed E-state index contributed by atoms with van der Waals surface area (Å²) >= 11 is 0. The van der Waals surface area contributed by atoms with Crippen molar-refractivity contribution in [1.29, 1.82) is 0 Å². The topological polar surface area (TPSA) is 89.9 Å². The van der Waals surface area contributed by atoms with E-state index in [0.717, 1.165) is 0 Å². The van der Waals surface area contributed by atoms with Crippen molar-refractivity contribution < 1.29 is 29.0 Å². The first-order chi connectivity index (χ1) is 8.26. The zero-order valence-corrected chi connectivity index (χ0v) is 10.3. The number of carbonyl (C=O) groups excluding carboxylic acids is 2. The summed E-state index contributed by atoms with van der Waals surface area (Å²) in [5, 5.41) is 8.96. The summed E-state index contributed by atoms with van der Waals surface area (Å²) in [5.41, 5.74) is 0. The van der Waals surface area contributed by atoms with Crippen molar-refractivity contribution in [1.82, 2.24) is 0 Å². The second kappa shape index (κ2) is 5.20. The molecule has 0 spiro atoms. The maximum atomic E-state index is 11.6. The van der Waals surface area contributed by atoms with Gasteiger partial charge < -0.3 is 14.6 Å². The Bertz CT molecular complexity index is 364. The van der Waals surface area contributed by atoms with Gasteiger partial charge in [0.25, 0.3) is 5.79 Å². The van der Waals surface area contributed by atoms with Gasteiger partial charge in [-0.3, -0.25) is 14.4 Å². The van der Waals surface area contributed by atoms with E-state index in [1.807, 2.05) is 0 Å². The van der Waals surface area contributed by atoms with Crippen molar-refractivity contribution in [3.8, 4) is 0 Å². The lowest BCUT2D eigenvalue weighted by Crippen LogP contribution is -2.47. The Balaban J connectivity index is 2.77. The number of aliphatic carboxylic acids is 1. The molecule has 1 aliphatic rings. The van der Waals surface area contributed by atoms with E-state index in [-0.39, 0.29) is 12.8 Å². The van der Waals surface area contributed by atoms with Gasteiger partial charge in [-0.25, -0.2) is 0 Å². The molecule has 0 aliphatic carbocycles. The van der Waals surface area contributed by atoms with Crippen LogP contribution < -0.4 is 0 Å². The highest BCUT2D eigenvalue weighted by Gasteiger charge is 2.44. The van der Waals surface area contributed by atoms with E-state index in [0.29, 0.717) is 0 Å². The Hall–Kier alpha value is -1.85. The molecule has 1 fully saturated rings. The third-order valence-electron chi connectivity index (χ3n) is 2.58. The Morgan fingerprint density at radius 1 is 1.44 bits per heavy atom. The number of allylic oxidation sites excluding steroid dienone is 1. The summed E-state index contributed by atoms with van der Waals surface area (Å²) in [6.45, 7) is 6.33. The molecule has 0 aromatic rings. The van der Waals surface area contributed by atoms with E-state index in [1.165, 1.54) is 19.9 Å². The number of ether oxygens (including phenoxy) is 2. The fourth-order valence-electron chi connectivity index (χ4n) is 1.72. The minimum Gasteiger partial charge on any atom is -0.481 e. The lowest BCUT2D eigenvalue weighted by atomic mass is 9.91. The predicted molar refractivity (Wildman–Crippen MR) is 60.3 cm³/mol. The van der Waals surface area contributed by atoms with Gasteiger partial charge in [0.2, 0.25) is 0 Å². The first-order valence-corrected chi connectivity index (χ1v) is 5.56. The summed E-state index contributed by atoms with van der Waals surface area (Å²) in [6.07, 6.45) is 1.47. The van der Waals surface area contributed by atoms with Crippen molar-refractivity contribution >= 4 is 17.9 Å². The molecule has 1 N–H and O–H groups in total. The third-order valence-corrected chi connectivity index (χ3v) is 2.58. The van der Waals surface area contributed by atoms with Crippen LogP contribution in [0.3, 0.4) is 0 Å². The molecule has 100 valence electrons. The maximum absolute atomic E-state index is 11.6. The van der Waals surface area contributed by atoms with Gasteiger partial charge in [-0.1, -0.05) is 6.08 Å². The number of hydrogen-bond acceptors (Lipinski definition) is 5. The molecule has 0 aromatic heterocycles. The highest BCUT2D eigenvalue weighted by Crippen LogP contribution is 2.28. The van der Waals surface area contributed by atoms with Gasteiger partial charge in [0.05, 0.1) is 5.92 Å². The van der Waals surface area contributed by atoms with Crippen LogP contribution in [0, 0.1) is 11.8 Å². The largest absolute Gasteiger partial charge is 0.481 e. The van der Waals surface area contributed by atoms with Crippen LogP contribution in [0.15, 0.2) is 12.7 Å². The number of hydrogen-bond donors (Lipinski definition) is 1. The van der Waals surface area contributed by atoms with E-state index in [1.54, 1.807) is 0 Å². The molecule has 1 aliphatic heterocycles. The average Bonchev–Trinajstić information content (AvgIpc) is 2.19. The average molecular weight is 256 g/mol. The van der Waals surface area contributed by atoms with Crippen molar-refractivity contribution in [3.63, 3.8) is 0 Å². The van der Waals surface area contributed by atoms with E-state index in [2.05, 4.69) is 6.58 Å². The second-order valence-electron chi connectivity index (χ2n) is 4.59. The molecule has 1 saturated heterocycles. The van der Waals surface area contributed by atoms with Crippen LogP contribution >= 0.6 is 0 Å². The fraction of sp³-hybridized carbons (Fsp3) is 0.583. The van der Waals surface area contributed by atoms with Gasteiger partial charge in [0.15, 0.2) is 5.92 Å². The van der Waals surface area contributed by atoms with Gasteiger partial charge in [-0.2, -0.15) is 0 Å². The van der Waals surface area contributed by atoms with Crippen LogP contribution in [0.2, 0.25) is 0 Å². The molecular weight excluding hydrogens is 240 g/mol. The molecule has 0 amide bonds. The van der Waals surface area contributed by atoms with Gasteiger partial charge in [-0.15, -0.1) is 6.58 Å². The van der Waals surface area contributed by atoms with Crippen LogP contribution in [0.1, 0.15) is 26.7 Å². The minimum atomic E-state index is -1.29. The Morgan fingerprint density at radius 3 is 2.33 bits per heavy atom. The Labute approximate surface area is 105 Å². The second-order valence-corrected chi connectivity index (χ2v) is 4.59. The number of carboxylic acid groups (broad SMARTS) is 1. The molecule has 18 heavy (non-hydrogen) atoms. The lowest BCUT2D eigenvalue weighted by molar-refractivity contribution is -0.240. The van der Waals surface area contributed by atoms with Crippen molar-refractivity contribution in [3.05, 3.63) is 12.7 Å². The van der Waals surface area contributed by atoms with Crippen molar-refractivity contribution in [2.24, 2.45) is 11.8 Å². The highest BCUT2D eigenvalue weighted by atomic mass is 16.7. The molecule has 6 nitrogen and oxygen atoms in total. The molecule has 0 bridgehead atoms. The Morgan fingerprint density at radius 2 is 1.94 bits per heavy atom. The summed E-state index contributed by atoms with van der Waals surface area (Å²) in [7, 11) is 0. The zero-order valence-electron chi connectivity index (χ0n) is 10.3. The molecule has 1 unspecified atom stereocenters. The molecule has 1 heterocycles. The quantitative estimate of drug-likeness (QED) is 0.450. The third kappa shape index (κ3) is 3.32. The highest BCUT2D eigenvalue weighted by molar-refractivity contribution is 5.97. The molecule has 1 rings (SSSR count). The van der Waals surface area contributed by atoms with Gasteiger partial charge >= 0.3 is 17.9 Å². The molecule has 0 aromatic carbocycles. The number of carboxylic acids is 1. The zero-order chi connectivity index (χ0) is 13.9. The van der Waals surface area contributed by atoms with Crippen LogP contribution in [-0.2, 0) is 23.9 Å². The van der Waals surface area contributed by atoms with Gasteiger partial charge in [0, 0.05) is 13.8 Å². The Kier molecular flexibility index (Phi) is 4.11. The summed E-state index contributed by atoms with van der Waals surface area (Å²) in [4.78, 5) is 34.2. The summed E-state index contributed by atoms with van der Waals surface area (Å²) in [5.74, 6) is -5.90. The maximum Gasteiger partial charge on any atom is 0.323 e. The molecular formula is C12H16O6. The van der Waals surface area contributed by atoms with E-state index < -0.39 is 35.5 Å². The fourth-order valence-corrected chi connectivity index (χ4v) is 1.72. The first kappa shape index (κ1) is 14.2. The molecule has 0 radical (unpaired) electrons. The van der Waals surface area contributed by atoms with Crippen LogP contribution in [0.5, 0.6) is 0 Å². The van der Waals surface area contributed by atoms with Crippen molar-refractivity contribution in [2.45, 2.75) is 32.5 Å². The number of cyclic esters (lactones) is 2. The van der Waals surface area contributed by atoms with Crippen LogP contribution in [0.4, 0.5) is 0 Å². The van der Waals surface area contributed by atoms with E-state index in [4.69, 9.17) is 14.6 Å². The smallest absolute Gasteiger partial charge is 0.323 e. The monoisotopic (exact) mass is 256 g/mol. The standard InChI is InChI=1S/C12H16O6/c1-4-5-7(9(13)14)6-8-10(15)17-12(2,3)18-11(8)16/h4,7-8H,1,5-6H2,2-3H3,(H,13,14). The summed E-state index contributed by atoms with van der Waals surface area (Å²) < 4.78 is 9.83. The molecule has 6 heteroatoms. The molecule has 1 atom stereocenters. The van der Waals surface area contributed by atoms with Gasteiger partial charge in [-0.05, 0) is 12.8 Å². The first-order valence-electron chi connectivity index (χ1n) is 5.56. The number of rotatable bonds is 5. The minimum absolute atomic E-state index is 0.144. The van der Waals surface area contributed by atoms with Crippen LogP contribution in [0.25, 0.3) is 0 Å². The van der Waals surface area contributed by atoms with E-state index >= 15 is 0 Å². The number of esters is 2. The SMILES string of the molecule is C=CCC(CC1C(=O)OC(C)(C)OC1=O)C(=O)O. The normalized spacial score (nSPS) is 20.8. The van der Waals surface area contributed by atoms with Crippen LogP contribution in [-0.4, -0.2) is 28.8 Å². The van der Waals surface area contributed by atoms with E-state index in [9.17, 15) is 14.4 Å². The number of carbonyl (C=O) groups is 3.